The molecule has 3 N–H and O–H groups in total. The molecule has 0 radical (unpaired) electrons. The summed E-state index contributed by atoms with van der Waals surface area (Å²) in [4.78, 5) is 23.2. The third-order valence-corrected chi connectivity index (χ3v) is 6.84. The van der Waals surface area contributed by atoms with Gasteiger partial charge in [-0.3, -0.25) is 14.9 Å². The van der Waals surface area contributed by atoms with Crippen molar-refractivity contribution < 1.29 is 15.0 Å². The van der Waals surface area contributed by atoms with Crippen molar-refractivity contribution in [3.63, 3.8) is 0 Å². The van der Waals surface area contributed by atoms with E-state index >= 15 is 0 Å². The van der Waals surface area contributed by atoms with Crippen LogP contribution >= 0.6 is 0 Å². The normalized spacial score (nSPS) is 33.0. The smallest absolute Gasteiger partial charge is 0.292 e. The van der Waals surface area contributed by atoms with Crippen molar-refractivity contribution in [1.82, 2.24) is 0 Å². The van der Waals surface area contributed by atoms with Gasteiger partial charge in [0.05, 0.1) is 11.5 Å². The van der Waals surface area contributed by atoms with Crippen LogP contribution in [0.15, 0.2) is 24.3 Å². The van der Waals surface area contributed by atoms with E-state index in [9.17, 15) is 14.9 Å². The first-order valence-electron chi connectivity index (χ1n) is 9.82. The summed E-state index contributed by atoms with van der Waals surface area (Å²) in [7, 11) is 0. The summed E-state index contributed by atoms with van der Waals surface area (Å²) in [5.41, 5.74) is 0.633. The van der Waals surface area contributed by atoms with Gasteiger partial charge in [-0.1, -0.05) is 12.1 Å². The highest BCUT2D eigenvalue weighted by molar-refractivity contribution is 5.95. The number of quaternary nitrogens is 1. The number of hydrogen-bond donors (Lipinski definition) is 2. The van der Waals surface area contributed by atoms with Crippen LogP contribution in [0.2, 0.25) is 0 Å². The molecule has 26 heavy (non-hydrogen) atoms. The van der Waals surface area contributed by atoms with Gasteiger partial charge in [0, 0.05) is 11.5 Å². The molecule has 1 amide bonds. The summed E-state index contributed by atoms with van der Waals surface area (Å²) in [6, 6.07) is 6.06. The molecule has 0 aromatic heterocycles. The Morgan fingerprint density at radius 2 is 1.81 bits per heavy atom. The van der Waals surface area contributed by atoms with E-state index < -0.39 is 4.92 Å². The van der Waals surface area contributed by atoms with Crippen LogP contribution in [0, 0.1) is 33.3 Å². The van der Waals surface area contributed by atoms with Crippen molar-refractivity contribution in [2.45, 2.75) is 51.5 Å². The van der Waals surface area contributed by atoms with Crippen LogP contribution in [0.3, 0.4) is 0 Å². The zero-order valence-electron chi connectivity index (χ0n) is 15.3. The zero-order valence-corrected chi connectivity index (χ0v) is 15.3. The number of anilines is 1. The first-order chi connectivity index (χ1) is 12.4. The number of para-hydroxylation sites is 2. The largest absolute Gasteiger partial charge is 0.336 e. The molecule has 0 unspecified atom stereocenters. The van der Waals surface area contributed by atoms with Crippen molar-refractivity contribution >= 4 is 17.3 Å². The number of nitrogens with one attached hydrogen (secondary N) is 1. The number of benzene rings is 1. The van der Waals surface area contributed by atoms with Crippen LogP contribution in [-0.4, -0.2) is 23.4 Å². The molecule has 5 rings (SSSR count). The van der Waals surface area contributed by atoms with Crippen molar-refractivity contribution in [1.29, 1.82) is 0 Å². The molecule has 0 aliphatic heterocycles. The SMILES string of the molecule is C[C@@H]([NH2+]CC12CC3CC(CC(C3)C1)C2)C(=O)Nc1ccccc1[N+](=O)[O-]. The number of hydrogen-bond acceptors (Lipinski definition) is 3. The number of carbonyl (C=O) groups is 1. The van der Waals surface area contributed by atoms with Crippen LogP contribution in [0.4, 0.5) is 11.4 Å². The predicted octanol–water partition coefficient (Wildman–Crippen LogP) is 2.70. The molecule has 0 spiro atoms. The van der Waals surface area contributed by atoms with E-state index in [0.717, 1.165) is 24.3 Å². The van der Waals surface area contributed by atoms with Crippen molar-refractivity contribution in [2.75, 3.05) is 11.9 Å². The van der Waals surface area contributed by atoms with Crippen LogP contribution in [0.25, 0.3) is 0 Å². The average Bonchev–Trinajstić information content (AvgIpc) is 2.59. The lowest BCUT2D eigenvalue weighted by Gasteiger charge is -2.56. The highest BCUT2D eigenvalue weighted by atomic mass is 16.6. The number of nitro benzene ring substituents is 1. The number of rotatable bonds is 6. The first-order valence-corrected chi connectivity index (χ1v) is 9.82. The molecule has 4 fully saturated rings. The van der Waals surface area contributed by atoms with Gasteiger partial charge in [-0.15, -0.1) is 0 Å². The standard InChI is InChI=1S/C20H27N3O3/c1-13(19(24)22-17-4-2-3-5-18(17)23(25)26)21-12-20-9-14-6-15(10-20)8-16(7-14)11-20/h2-5,13-16,21H,6-12H2,1H3,(H,22,24)/p+1/t13-,14?,15?,16?,20?/m1/s1. The van der Waals surface area contributed by atoms with Crippen LogP contribution in [0.5, 0.6) is 0 Å². The predicted molar refractivity (Wildman–Crippen MR) is 98.6 cm³/mol. The molecule has 0 heterocycles. The number of nitrogens with two attached hydrogens (primary N) is 1. The maximum atomic E-state index is 12.5. The van der Waals surface area contributed by atoms with Crippen LogP contribution in [-0.2, 0) is 4.79 Å². The Labute approximate surface area is 153 Å². The molecule has 4 saturated carbocycles. The van der Waals surface area contributed by atoms with Crippen molar-refractivity contribution in [3.8, 4) is 0 Å². The van der Waals surface area contributed by atoms with Gasteiger partial charge in [0.15, 0.2) is 6.04 Å². The number of nitro groups is 1. The van der Waals surface area contributed by atoms with E-state index in [1.807, 2.05) is 6.92 Å². The molecule has 140 valence electrons. The molecule has 6 nitrogen and oxygen atoms in total. The average molecular weight is 358 g/mol. The van der Waals surface area contributed by atoms with Crippen molar-refractivity contribution in [3.05, 3.63) is 34.4 Å². The molecular weight excluding hydrogens is 330 g/mol. The van der Waals surface area contributed by atoms with E-state index in [1.54, 1.807) is 18.2 Å². The highest BCUT2D eigenvalue weighted by Crippen LogP contribution is 2.59. The molecule has 4 aliphatic rings. The Balaban J connectivity index is 1.36. The van der Waals surface area contributed by atoms with Gasteiger partial charge in [0.25, 0.3) is 11.6 Å². The highest BCUT2D eigenvalue weighted by Gasteiger charge is 2.51. The molecule has 1 atom stereocenters. The second-order valence-corrected chi connectivity index (χ2v) is 8.91. The van der Waals surface area contributed by atoms with E-state index in [2.05, 4.69) is 10.6 Å². The van der Waals surface area contributed by atoms with E-state index in [4.69, 9.17) is 0 Å². The summed E-state index contributed by atoms with van der Waals surface area (Å²) in [6.45, 7) is 2.90. The Kier molecular flexibility index (Phi) is 4.47. The van der Waals surface area contributed by atoms with Crippen LogP contribution in [0.1, 0.15) is 45.4 Å². The zero-order chi connectivity index (χ0) is 18.3. The van der Waals surface area contributed by atoms with E-state index in [-0.39, 0.29) is 23.3 Å². The van der Waals surface area contributed by atoms with Gasteiger partial charge < -0.3 is 10.6 Å². The van der Waals surface area contributed by atoms with Gasteiger partial charge >= 0.3 is 0 Å². The fraction of sp³-hybridized carbons (Fsp3) is 0.650. The van der Waals surface area contributed by atoms with Crippen LogP contribution < -0.4 is 10.6 Å². The second-order valence-electron chi connectivity index (χ2n) is 8.91. The van der Waals surface area contributed by atoms with E-state index in [0.29, 0.717) is 5.41 Å². The minimum atomic E-state index is -0.459. The topological polar surface area (TPSA) is 88.8 Å². The Morgan fingerprint density at radius 3 is 2.38 bits per heavy atom. The minimum Gasteiger partial charge on any atom is -0.336 e. The Morgan fingerprint density at radius 1 is 1.23 bits per heavy atom. The fourth-order valence-electron chi connectivity index (χ4n) is 6.06. The molecule has 1 aromatic carbocycles. The van der Waals surface area contributed by atoms with Gasteiger partial charge in [-0.2, -0.15) is 0 Å². The summed E-state index contributed by atoms with van der Waals surface area (Å²) in [5, 5.41) is 16.0. The molecule has 4 aliphatic carbocycles. The molecule has 1 aromatic rings. The lowest BCUT2D eigenvalue weighted by atomic mass is 9.49. The molecule has 6 heteroatoms. The monoisotopic (exact) mass is 358 g/mol. The lowest BCUT2D eigenvalue weighted by molar-refractivity contribution is -0.686. The Hall–Kier alpha value is -1.95. The summed E-state index contributed by atoms with van der Waals surface area (Å²) >= 11 is 0. The van der Waals surface area contributed by atoms with E-state index in [1.165, 1.54) is 44.6 Å². The summed E-state index contributed by atoms with van der Waals surface area (Å²) < 4.78 is 0. The third kappa shape index (κ3) is 3.34. The number of carbonyl (C=O) groups excluding carboxylic acids is 1. The van der Waals surface area contributed by atoms with Gasteiger partial charge in [-0.25, -0.2) is 0 Å². The maximum Gasteiger partial charge on any atom is 0.292 e. The second kappa shape index (κ2) is 6.65. The summed E-state index contributed by atoms with van der Waals surface area (Å²) in [5.74, 6) is 2.56. The quantitative estimate of drug-likeness (QED) is 0.605. The lowest BCUT2D eigenvalue weighted by Crippen LogP contribution is -2.94. The van der Waals surface area contributed by atoms with Crippen molar-refractivity contribution in [2.24, 2.45) is 23.2 Å². The number of nitrogens with zero attached hydrogens (tertiary/aromatic N) is 1. The maximum absolute atomic E-state index is 12.5. The Bertz CT molecular complexity index is 683. The van der Waals surface area contributed by atoms with Gasteiger partial charge in [-0.05, 0) is 69.3 Å². The van der Waals surface area contributed by atoms with Gasteiger partial charge in [0.1, 0.15) is 5.69 Å². The first kappa shape index (κ1) is 17.5. The minimum absolute atomic E-state index is 0.0610. The van der Waals surface area contributed by atoms with Gasteiger partial charge in [0.2, 0.25) is 0 Å². The molecular formula is C20H28N3O3+. The molecule has 4 bridgehead atoms. The summed E-state index contributed by atoms with van der Waals surface area (Å²) in [6.07, 6.45) is 8.25. The number of amides is 1. The third-order valence-electron chi connectivity index (χ3n) is 6.84. The molecule has 0 saturated heterocycles. The fourth-order valence-corrected chi connectivity index (χ4v) is 6.06.